The second kappa shape index (κ2) is 9.43. The van der Waals surface area contributed by atoms with E-state index in [9.17, 15) is 4.79 Å². The van der Waals surface area contributed by atoms with Crippen LogP contribution in [0.4, 0.5) is 0 Å². The van der Waals surface area contributed by atoms with Crippen molar-refractivity contribution in [1.29, 1.82) is 0 Å². The molecule has 1 amide bonds. The number of rotatable bonds is 8. The van der Waals surface area contributed by atoms with Crippen molar-refractivity contribution in [2.45, 2.75) is 13.0 Å². The number of H-pyrrole nitrogens is 1. The van der Waals surface area contributed by atoms with Crippen molar-refractivity contribution in [3.05, 3.63) is 58.3 Å². The predicted molar refractivity (Wildman–Crippen MR) is 107 cm³/mol. The van der Waals surface area contributed by atoms with Crippen LogP contribution < -0.4 is 14.8 Å². The lowest BCUT2D eigenvalue weighted by Crippen LogP contribution is -2.25. The second-order valence-electron chi connectivity index (χ2n) is 5.76. The molecule has 0 aliphatic carbocycles. The first-order chi connectivity index (χ1) is 13.6. The first-order valence-electron chi connectivity index (χ1n) is 8.46. The van der Waals surface area contributed by atoms with Gasteiger partial charge in [0, 0.05) is 5.56 Å². The maximum absolute atomic E-state index is 12.0. The highest BCUT2D eigenvalue weighted by atomic mass is 35.5. The van der Waals surface area contributed by atoms with Gasteiger partial charge in [0.2, 0.25) is 5.91 Å². The fourth-order valence-corrected chi connectivity index (χ4v) is 2.71. The number of aromatic amines is 1. The van der Waals surface area contributed by atoms with Crippen LogP contribution in [-0.4, -0.2) is 34.8 Å². The Bertz CT molecular complexity index is 945. The number of carbonyl (C=O) groups excluding carboxylic acids is 1. The number of halogens is 2. The number of methoxy groups -OCH3 is 1. The Morgan fingerprint density at radius 3 is 2.71 bits per heavy atom. The largest absolute Gasteiger partial charge is 0.497 e. The number of carbonyl (C=O) groups is 1. The summed E-state index contributed by atoms with van der Waals surface area (Å²) in [6.45, 7) is 0.416. The standard InChI is InChI=1S/C19H18Cl2N4O3/c1-27-13-7-5-12(6-8-13)19-23-16(24-25-19)11-22-17(26)9-10-28-15-4-2-3-14(20)18(15)21/h2-8H,9-11H2,1H3,(H,22,26)(H,23,24,25). The molecule has 2 aromatic carbocycles. The molecule has 0 aliphatic rings. The lowest BCUT2D eigenvalue weighted by Gasteiger charge is -2.08. The highest BCUT2D eigenvalue weighted by Gasteiger charge is 2.09. The summed E-state index contributed by atoms with van der Waals surface area (Å²) in [6, 6.07) is 12.5. The fraction of sp³-hybridized carbons (Fsp3) is 0.211. The van der Waals surface area contributed by atoms with Gasteiger partial charge in [0.05, 0.1) is 31.7 Å². The normalized spacial score (nSPS) is 10.5. The van der Waals surface area contributed by atoms with E-state index in [1.165, 1.54) is 0 Å². The average Bonchev–Trinajstić information content (AvgIpc) is 3.19. The van der Waals surface area contributed by atoms with Gasteiger partial charge in [-0.15, -0.1) is 0 Å². The number of hydrogen-bond donors (Lipinski definition) is 2. The summed E-state index contributed by atoms with van der Waals surface area (Å²) in [5.41, 5.74) is 0.849. The van der Waals surface area contributed by atoms with Crippen LogP contribution >= 0.6 is 23.2 Å². The predicted octanol–water partition coefficient (Wildman–Crippen LogP) is 3.87. The van der Waals surface area contributed by atoms with Crippen LogP contribution in [0.3, 0.4) is 0 Å². The van der Waals surface area contributed by atoms with E-state index in [0.717, 1.165) is 11.3 Å². The minimum absolute atomic E-state index is 0.169. The number of amides is 1. The van der Waals surface area contributed by atoms with Crippen LogP contribution in [0.25, 0.3) is 11.4 Å². The molecule has 3 rings (SSSR count). The van der Waals surface area contributed by atoms with Crippen molar-refractivity contribution in [3.8, 4) is 22.9 Å². The maximum atomic E-state index is 12.0. The summed E-state index contributed by atoms with van der Waals surface area (Å²) in [5.74, 6) is 2.12. The Morgan fingerprint density at radius 1 is 1.18 bits per heavy atom. The van der Waals surface area contributed by atoms with Gasteiger partial charge in [0.1, 0.15) is 22.3 Å². The molecule has 0 saturated carbocycles. The van der Waals surface area contributed by atoms with Crippen molar-refractivity contribution < 1.29 is 14.3 Å². The summed E-state index contributed by atoms with van der Waals surface area (Å²) in [6.07, 6.45) is 0.169. The molecule has 0 aliphatic heterocycles. The molecule has 1 aromatic heterocycles. The molecule has 0 spiro atoms. The number of ether oxygens (including phenoxy) is 2. The second-order valence-corrected chi connectivity index (χ2v) is 6.55. The van der Waals surface area contributed by atoms with Gasteiger partial charge in [-0.05, 0) is 36.4 Å². The highest BCUT2D eigenvalue weighted by Crippen LogP contribution is 2.31. The van der Waals surface area contributed by atoms with Crippen molar-refractivity contribution in [1.82, 2.24) is 20.5 Å². The van der Waals surface area contributed by atoms with Crippen molar-refractivity contribution in [3.63, 3.8) is 0 Å². The highest BCUT2D eigenvalue weighted by molar-refractivity contribution is 6.42. The Kier molecular flexibility index (Phi) is 6.73. The van der Waals surface area contributed by atoms with Crippen molar-refractivity contribution in [2.24, 2.45) is 0 Å². The molecule has 1 heterocycles. The molecule has 9 heteroatoms. The minimum Gasteiger partial charge on any atom is -0.497 e. The van der Waals surface area contributed by atoms with Gasteiger partial charge < -0.3 is 14.8 Å². The zero-order valence-corrected chi connectivity index (χ0v) is 16.5. The zero-order chi connectivity index (χ0) is 19.9. The van der Waals surface area contributed by atoms with E-state index < -0.39 is 0 Å². The molecule has 0 fully saturated rings. The Labute approximate surface area is 172 Å². The molecule has 3 aromatic rings. The quantitative estimate of drug-likeness (QED) is 0.577. The van der Waals surface area contributed by atoms with E-state index in [-0.39, 0.29) is 25.5 Å². The molecular weight excluding hydrogens is 403 g/mol. The van der Waals surface area contributed by atoms with Crippen LogP contribution in [0, 0.1) is 0 Å². The molecule has 7 nitrogen and oxygen atoms in total. The monoisotopic (exact) mass is 420 g/mol. The summed E-state index contributed by atoms with van der Waals surface area (Å²) in [7, 11) is 1.61. The molecular formula is C19H18Cl2N4O3. The third-order valence-corrected chi connectivity index (χ3v) is 4.64. The smallest absolute Gasteiger partial charge is 0.223 e. The van der Waals surface area contributed by atoms with Crippen LogP contribution in [0.1, 0.15) is 12.2 Å². The SMILES string of the molecule is COc1ccc(-c2n[nH]c(CNC(=O)CCOc3cccc(Cl)c3Cl)n2)cc1. The van der Waals surface area contributed by atoms with E-state index in [4.69, 9.17) is 32.7 Å². The molecule has 28 heavy (non-hydrogen) atoms. The van der Waals surface area contributed by atoms with E-state index in [1.807, 2.05) is 24.3 Å². The minimum atomic E-state index is -0.180. The fourth-order valence-electron chi connectivity index (χ4n) is 2.36. The summed E-state index contributed by atoms with van der Waals surface area (Å²) < 4.78 is 10.6. The average molecular weight is 421 g/mol. The number of nitrogens with zero attached hydrogens (tertiary/aromatic N) is 2. The van der Waals surface area contributed by atoms with Gasteiger partial charge in [0.15, 0.2) is 5.82 Å². The molecule has 0 atom stereocenters. The van der Waals surface area contributed by atoms with Crippen LogP contribution in [-0.2, 0) is 11.3 Å². The lowest BCUT2D eigenvalue weighted by molar-refractivity contribution is -0.121. The van der Waals surface area contributed by atoms with Crippen molar-refractivity contribution in [2.75, 3.05) is 13.7 Å². The topological polar surface area (TPSA) is 89.1 Å². The first-order valence-corrected chi connectivity index (χ1v) is 9.21. The van der Waals surface area contributed by atoms with Crippen LogP contribution in [0.15, 0.2) is 42.5 Å². The molecule has 146 valence electrons. The lowest BCUT2D eigenvalue weighted by atomic mass is 10.2. The molecule has 0 unspecified atom stereocenters. The van der Waals surface area contributed by atoms with Gasteiger partial charge in [0.25, 0.3) is 0 Å². The zero-order valence-electron chi connectivity index (χ0n) is 15.0. The Balaban J connectivity index is 1.45. The third-order valence-electron chi connectivity index (χ3n) is 3.84. The number of nitrogens with one attached hydrogen (secondary N) is 2. The van der Waals surface area contributed by atoms with E-state index >= 15 is 0 Å². The van der Waals surface area contributed by atoms with Gasteiger partial charge in [-0.1, -0.05) is 29.3 Å². The molecule has 0 saturated heterocycles. The van der Waals surface area contributed by atoms with Crippen LogP contribution in [0.2, 0.25) is 10.0 Å². The third kappa shape index (κ3) is 5.15. The van der Waals surface area contributed by atoms with Gasteiger partial charge in [-0.25, -0.2) is 4.98 Å². The number of hydrogen-bond acceptors (Lipinski definition) is 5. The molecule has 2 N–H and O–H groups in total. The number of benzene rings is 2. The van der Waals surface area contributed by atoms with E-state index in [0.29, 0.717) is 27.4 Å². The van der Waals surface area contributed by atoms with Gasteiger partial charge in [-0.2, -0.15) is 5.10 Å². The molecule has 0 radical (unpaired) electrons. The number of aromatic nitrogens is 3. The van der Waals surface area contributed by atoms with E-state index in [1.54, 1.807) is 25.3 Å². The van der Waals surface area contributed by atoms with Gasteiger partial charge >= 0.3 is 0 Å². The Hall–Kier alpha value is -2.77. The summed E-state index contributed by atoms with van der Waals surface area (Å²) in [4.78, 5) is 16.4. The molecule has 0 bridgehead atoms. The van der Waals surface area contributed by atoms with Crippen molar-refractivity contribution >= 4 is 29.1 Å². The van der Waals surface area contributed by atoms with Crippen LogP contribution in [0.5, 0.6) is 11.5 Å². The van der Waals surface area contributed by atoms with E-state index in [2.05, 4.69) is 20.5 Å². The first kappa shape index (κ1) is 20.0. The summed E-state index contributed by atoms with van der Waals surface area (Å²) in [5, 5.41) is 10.5. The van der Waals surface area contributed by atoms with Gasteiger partial charge in [-0.3, -0.25) is 9.89 Å². The maximum Gasteiger partial charge on any atom is 0.223 e. The summed E-state index contributed by atoms with van der Waals surface area (Å²) >= 11 is 12.0. The Morgan fingerprint density at radius 2 is 1.96 bits per heavy atom.